The third kappa shape index (κ3) is 3.86. The van der Waals surface area contributed by atoms with E-state index >= 15 is 0 Å². The van der Waals surface area contributed by atoms with Crippen LogP contribution in [0.2, 0.25) is 0 Å². The van der Waals surface area contributed by atoms with Gasteiger partial charge in [-0.1, -0.05) is 12.1 Å². The number of aromatic nitrogens is 2. The quantitative estimate of drug-likeness (QED) is 0.671. The molecule has 29 heavy (non-hydrogen) atoms. The summed E-state index contributed by atoms with van der Waals surface area (Å²) in [4.78, 5) is 34.1. The molecule has 1 fully saturated rings. The van der Waals surface area contributed by atoms with Gasteiger partial charge in [-0.25, -0.2) is 9.78 Å². The highest BCUT2D eigenvalue weighted by Gasteiger charge is 2.26. The van der Waals surface area contributed by atoms with Crippen LogP contribution in [0.3, 0.4) is 0 Å². The number of methoxy groups -OCH3 is 2. The molecule has 1 saturated heterocycles. The van der Waals surface area contributed by atoms with Crippen LogP contribution < -0.4 is 10.3 Å². The van der Waals surface area contributed by atoms with Crippen LogP contribution in [0.5, 0.6) is 5.75 Å². The summed E-state index contributed by atoms with van der Waals surface area (Å²) in [5.74, 6) is 0.972. The van der Waals surface area contributed by atoms with Crippen LogP contribution in [0.1, 0.15) is 40.6 Å². The van der Waals surface area contributed by atoms with Crippen molar-refractivity contribution in [1.82, 2.24) is 14.9 Å². The van der Waals surface area contributed by atoms with Crippen molar-refractivity contribution in [3.63, 3.8) is 0 Å². The second kappa shape index (κ2) is 8.05. The number of benzene rings is 2. The van der Waals surface area contributed by atoms with Crippen molar-refractivity contribution in [2.24, 2.45) is 0 Å². The van der Waals surface area contributed by atoms with Crippen LogP contribution >= 0.6 is 0 Å². The van der Waals surface area contributed by atoms with Gasteiger partial charge >= 0.3 is 5.97 Å². The van der Waals surface area contributed by atoms with Gasteiger partial charge in [0, 0.05) is 6.04 Å². The van der Waals surface area contributed by atoms with Crippen LogP contribution in [0, 0.1) is 0 Å². The first-order valence-electron chi connectivity index (χ1n) is 9.58. The van der Waals surface area contributed by atoms with Crippen LogP contribution in [0.25, 0.3) is 10.9 Å². The fraction of sp³-hybridized carbons (Fsp3) is 0.318. The molecule has 1 aliphatic heterocycles. The van der Waals surface area contributed by atoms with E-state index in [1.54, 1.807) is 25.3 Å². The van der Waals surface area contributed by atoms with Crippen molar-refractivity contribution in [2.45, 2.75) is 25.4 Å². The highest BCUT2D eigenvalue weighted by Crippen LogP contribution is 2.33. The number of H-pyrrole nitrogens is 1. The molecule has 0 spiro atoms. The summed E-state index contributed by atoms with van der Waals surface area (Å²) in [7, 11) is 2.99. The number of fused-ring (bicyclic) bond motifs is 1. The maximum Gasteiger partial charge on any atom is 0.337 e. The first kappa shape index (κ1) is 19.1. The Morgan fingerprint density at radius 3 is 2.72 bits per heavy atom. The fourth-order valence-corrected chi connectivity index (χ4v) is 3.92. The Bertz CT molecular complexity index is 1090. The molecule has 7 nitrogen and oxygen atoms in total. The van der Waals surface area contributed by atoms with Crippen molar-refractivity contribution < 1.29 is 14.3 Å². The third-order valence-corrected chi connectivity index (χ3v) is 5.39. The maximum atomic E-state index is 12.5. The largest absolute Gasteiger partial charge is 0.497 e. The maximum absolute atomic E-state index is 12.5. The number of nitrogens with one attached hydrogen (secondary N) is 1. The molecule has 1 atom stereocenters. The Morgan fingerprint density at radius 2 is 2.00 bits per heavy atom. The van der Waals surface area contributed by atoms with Gasteiger partial charge in [-0.3, -0.25) is 9.69 Å². The molecule has 0 aliphatic carbocycles. The van der Waals surface area contributed by atoms with Crippen molar-refractivity contribution in [3.8, 4) is 5.75 Å². The van der Waals surface area contributed by atoms with E-state index in [0.717, 1.165) is 25.1 Å². The number of carbonyl (C=O) groups is 1. The Labute approximate surface area is 168 Å². The highest BCUT2D eigenvalue weighted by atomic mass is 16.5. The summed E-state index contributed by atoms with van der Waals surface area (Å²) < 4.78 is 10.0. The average molecular weight is 393 g/mol. The summed E-state index contributed by atoms with van der Waals surface area (Å²) >= 11 is 0. The molecule has 4 rings (SSSR count). The lowest BCUT2D eigenvalue weighted by atomic mass is 10.0. The smallest absolute Gasteiger partial charge is 0.337 e. The van der Waals surface area contributed by atoms with Gasteiger partial charge in [-0.2, -0.15) is 0 Å². The zero-order valence-corrected chi connectivity index (χ0v) is 16.5. The minimum atomic E-state index is -0.449. The summed E-state index contributed by atoms with van der Waals surface area (Å²) in [6.45, 7) is 1.46. The van der Waals surface area contributed by atoms with E-state index in [9.17, 15) is 9.59 Å². The number of carbonyl (C=O) groups excluding carboxylic acids is 1. The lowest BCUT2D eigenvalue weighted by Gasteiger charge is -2.24. The normalized spacial score (nSPS) is 16.8. The van der Waals surface area contributed by atoms with E-state index < -0.39 is 5.97 Å². The molecule has 1 aromatic heterocycles. The highest BCUT2D eigenvalue weighted by molar-refractivity contribution is 5.93. The topological polar surface area (TPSA) is 84.5 Å². The molecule has 0 amide bonds. The van der Waals surface area contributed by atoms with Gasteiger partial charge in [0.15, 0.2) is 0 Å². The number of hydrogen-bond donors (Lipinski definition) is 1. The Hall–Kier alpha value is -3.19. The fourth-order valence-electron chi connectivity index (χ4n) is 3.92. The molecule has 7 heteroatoms. The molecule has 0 radical (unpaired) electrons. The Morgan fingerprint density at radius 1 is 1.21 bits per heavy atom. The lowest BCUT2D eigenvalue weighted by Crippen LogP contribution is -2.25. The molecule has 2 heterocycles. The first-order valence-corrected chi connectivity index (χ1v) is 9.58. The second-order valence-corrected chi connectivity index (χ2v) is 7.14. The predicted molar refractivity (Wildman–Crippen MR) is 109 cm³/mol. The van der Waals surface area contributed by atoms with E-state index in [-0.39, 0.29) is 11.6 Å². The minimum absolute atomic E-state index is 0.207. The zero-order valence-electron chi connectivity index (χ0n) is 16.5. The molecule has 150 valence electrons. The predicted octanol–water partition coefficient (Wildman–Crippen LogP) is 3.06. The number of hydrogen-bond acceptors (Lipinski definition) is 6. The van der Waals surface area contributed by atoms with Gasteiger partial charge in [-0.15, -0.1) is 0 Å². The van der Waals surface area contributed by atoms with Crippen LogP contribution in [0.15, 0.2) is 47.3 Å². The van der Waals surface area contributed by atoms with E-state index in [1.165, 1.54) is 12.7 Å². The van der Waals surface area contributed by atoms with E-state index in [2.05, 4.69) is 27.0 Å². The monoisotopic (exact) mass is 393 g/mol. The molecule has 1 aliphatic rings. The average Bonchev–Trinajstić information content (AvgIpc) is 3.20. The van der Waals surface area contributed by atoms with Crippen molar-refractivity contribution in [2.75, 3.05) is 20.8 Å². The summed E-state index contributed by atoms with van der Waals surface area (Å²) in [5, 5.41) is 0.453. The number of nitrogens with zero attached hydrogens (tertiary/aromatic N) is 2. The summed E-state index contributed by atoms with van der Waals surface area (Å²) in [5.41, 5.74) is 1.88. The molecule has 3 aromatic rings. The van der Waals surface area contributed by atoms with Crippen LogP contribution in [-0.4, -0.2) is 41.6 Å². The van der Waals surface area contributed by atoms with Crippen LogP contribution in [-0.2, 0) is 11.3 Å². The SMILES string of the molecule is COC(=O)c1ccc2c(=O)[nH]c(CN3CCC[C@H]3c3ccc(OC)cc3)nc2c1. The van der Waals surface area contributed by atoms with Crippen molar-refractivity contribution in [3.05, 3.63) is 69.8 Å². The lowest BCUT2D eigenvalue weighted by molar-refractivity contribution is 0.0601. The molecular weight excluding hydrogens is 370 g/mol. The molecule has 0 bridgehead atoms. The molecule has 2 aromatic carbocycles. The molecule has 1 N–H and O–H groups in total. The number of rotatable bonds is 5. The molecule has 0 saturated carbocycles. The molecular formula is C22H23N3O4. The number of esters is 1. The third-order valence-electron chi connectivity index (χ3n) is 5.39. The van der Waals surface area contributed by atoms with E-state index in [1.807, 2.05) is 12.1 Å². The summed E-state index contributed by atoms with van der Waals surface area (Å²) in [6, 6.07) is 13.2. The minimum Gasteiger partial charge on any atom is -0.497 e. The Balaban J connectivity index is 1.61. The summed E-state index contributed by atoms with van der Waals surface area (Å²) in [6.07, 6.45) is 2.14. The molecule has 0 unspecified atom stereocenters. The van der Waals surface area contributed by atoms with Gasteiger partial charge < -0.3 is 14.5 Å². The standard InChI is InChI=1S/C22H23N3O4/c1-28-16-8-5-14(6-9-16)19-4-3-11-25(19)13-20-23-18-12-15(22(27)29-2)7-10-17(18)21(26)24-20/h5-10,12,19H,3-4,11,13H2,1-2H3,(H,23,24,26)/t19-/m0/s1. The number of likely N-dealkylation sites (tertiary alicyclic amines) is 1. The van der Waals surface area contributed by atoms with Gasteiger partial charge in [-0.05, 0) is 55.3 Å². The Kier molecular flexibility index (Phi) is 5.31. The van der Waals surface area contributed by atoms with E-state index in [0.29, 0.717) is 28.8 Å². The second-order valence-electron chi connectivity index (χ2n) is 7.14. The van der Waals surface area contributed by atoms with E-state index in [4.69, 9.17) is 9.47 Å². The van der Waals surface area contributed by atoms with Crippen LogP contribution in [0.4, 0.5) is 0 Å². The number of aromatic amines is 1. The van der Waals surface area contributed by atoms with Gasteiger partial charge in [0.2, 0.25) is 0 Å². The van der Waals surface area contributed by atoms with Gasteiger partial charge in [0.05, 0.1) is 37.2 Å². The van der Waals surface area contributed by atoms with Crippen molar-refractivity contribution >= 4 is 16.9 Å². The zero-order chi connectivity index (χ0) is 20.4. The van der Waals surface area contributed by atoms with Crippen molar-refractivity contribution in [1.29, 1.82) is 0 Å². The van der Waals surface area contributed by atoms with Gasteiger partial charge in [0.25, 0.3) is 5.56 Å². The van der Waals surface area contributed by atoms with Gasteiger partial charge in [0.1, 0.15) is 11.6 Å². The first-order chi connectivity index (χ1) is 14.1. The number of ether oxygens (including phenoxy) is 2.